The molecule has 1 aliphatic carbocycles. The first-order valence-electron chi connectivity index (χ1n) is 7.79. The predicted octanol–water partition coefficient (Wildman–Crippen LogP) is 5.19. The van der Waals surface area contributed by atoms with Gasteiger partial charge in [-0.15, -0.1) is 11.3 Å². The molecule has 1 aliphatic rings. The molecule has 1 unspecified atom stereocenters. The molecule has 0 aliphatic heterocycles. The van der Waals surface area contributed by atoms with Crippen molar-refractivity contribution >= 4 is 11.3 Å². The number of nitrogens with zero attached hydrogens (tertiary/aromatic N) is 1. The highest BCUT2D eigenvalue weighted by molar-refractivity contribution is 7.12. The Labute approximate surface area is 132 Å². The molecule has 0 aromatic carbocycles. The molecular formula is C18H27NOS. The number of aliphatic hydroxyl groups is 1. The van der Waals surface area contributed by atoms with Crippen molar-refractivity contribution < 1.29 is 5.11 Å². The van der Waals surface area contributed by atoms with Crippen molar-refractivity contribution in [1.29, 1.82) is 5.26 Å². The van der Waals surface area contributed by atoms with Crippen LogP contribution in [0.5, 0.6) is 0 Å². The maximum absolute atomic E-state index is 10.8. The highest BCUT2D eigenvalue weighted by Crippen LogP contribution is 2.52. The summed E-state index contributed by atoms with van der Waals surface area (Å²) in [6.07, 6.45) is 2.95. The van der Waals surface area contributed by atoms with E-state index in [9.17, 15) is 10.4 Å². The van der Waals surface area contributed by atoms with Gasteiger partial charge in [0.15, 0.2) is 0 Å². The number of thiophene rings is 1. The summed E-state index contributed by atoms with van der Waals surface area (Å²) in [6.45, 7) is 11.0. The van der Waals surface area contributed by atoms with E-state index < -0.39 is 11.5 Å². The van der Waals surface area contributed by atoms with Crippen LogP contribution in [-0.4, -0.2) is 5.11 Å². The van der Waals surface area contributed by atoms with Gasteiger partial charge in [-0.05, 0) is 48.6 Å². The molecule has 21 heavy (non-hydrogen) atoms. The van der Waals surface area contributed by atoms with Crippen LogP contribution in [0.4, 0.5) is 0 Å². The molecule has 0 saturated heterocycles. The van der Waals surface area contributed by atoms with E-state index in [-0.39, 0.29) is 5.41 Å². The molecule has 0 spiro atoms. The Morgan fingerprint density at radius 1 is 1.19 bits per heavy atom. The first-order valence-corrected chi connectivity index (χ1v) is 8.61. The molecule has 1 aromatic heterocycles. The zero-order chi connectivity index (χ0) is 15.9. The third kappa shape index (κ3) is 3.33. The standard InChI is InChI=1S/C18H27NOS/c1-16(2,3)14-7-6-13(21-14)15(20)18(12-19)10-8-17(4,5)9-11-18/h6-7,15,20H,8-11H2,1-5H3. The minimum Gasteiger partial charge on any atom is -0.386 e. The van der Waals surface area contributed by atoms with E-state index in [4.69, 9.17) is 0 Å². The summed E-state index contributed by atoms with van der Waals surface area (Å²) in [5.41, 5.74) is -0.210. The predicted molar refractivity (Wildman–Crippen MR) is 88.3 cm³/mol. The molecule has 1 fully saturated rings. The highest BCUT2D eigenvalue weighted by Gasteiger charge is 2.45. The first kappa shape index (κ1) is 16.5. The van der Waals surface area contributed by atoms with Crippen LogP contribution in [0.3, 0.4) is 0 Å². The Kier molecular flexibility index (Phi) is 4.26. The van der Waals surface area contributed by atoms with Crippen molar-refractivity contribution in [2.45, 2.75) is 71.8 Å². The van der Waals surface area contributed by atoms with Crippen molar-refractivity contribution in [2.75, 3.05) is 0 Å². The van der Waals surface area contributed by atoms with Crippen LogP contribution in [0, 0.1) is 22.2 Å². The minimum absolute atomic E-state index is 0.0942. The van der Waals surface area contributed by atoms with E-state index in [2.05, 4.69) is 46.8 Å². The van der Waals surface area contributed by atoms with Gasteiger partial charge in [-0.1, -0.05) is 34.6 Å². The van der Waals surface area contributed by atoms with Crippen LogP contribution in [0.25, 0.3) is 0 Å². The van der Waals surface area contributed by atoms with Crippen LogP contribution in [0.15, 0.2) is 12.1 Å². The van der Waals surface area contributed by atoms with Crippen molar-refractivity contribution in [3.05, 3.63) is 21.9 Å². The number of nitriles is 1. The average molecular weight is 305 g/mol. The van der Waals surface area contributed by atoms with E-state index in [1.807, 2.05) is 6.07 Å². The van der Waals surface area contributed by atoms with E-state index >= 15 is 0 Å². The number of hydrogen-bond donors (Lipinski definition) is 1. The van der Waals surface area contributed by atoms with Crippen molar-refractivity contribution in [3.63, 3.8) is 0 Å². The normalized spacial score (nSPS) is 22.5. The summed E-state index contributed by atoms with van der Waals surface area (Å²) in [4.78, 5) is 2.21. The van der Waals surface area contributed by atoms with Gasteiger partial charge < -0.3 is 5.11 Å². The van der Waals surface area contributed by atoms with Crippen LogP contribution in [0.1, 0.15) is 76.2 Å². The lowest BCUT2D eigenvalue weighted by molar-refractivity contribution is 0.0117. The Hall–Kier alpha value is -0.850. The lowest BCUT2D eigenvalue weighted by Gasteiger charge is -2.41. The van der Waals surface area contributed by atoms with Gasteiger partial charge in [0.1, 0.15) is 6.10 Å². The highest BCUT2D eigenvalue weighted by atomic mass is 32.1. The zero-order valence-corrected chi connectivity index (χ0v) is 14.7. The molecule has 0 bridgehead atoms. The molecule has 1 atom stereocenters. The average Bonchev–Trinajstić information content (AvgIpc) is 2.88. The van der Waals surface area contributed by atoms with Crippen LogP contribution in [0.2, 0.25) is 0 Å². The summed E-state index contributed by atoms with van der Waals surface area (Å²) < 4.78 is 0. The van der Waals surface area contributed by atoms with Gasteiger partial charge in [0, 0.05) is 9.75 Å². The van der Waals surface area contributed by atoms with Gasteiger partial charge >= 0.3 is 0 Å². The maximum atomic E-state index is 10.8. The second-order valence-corrected chi connectivity index (χ2v) is 9.40. The molecular weight excluding hydrogens is 278 g/mol. The van der Waals surface area contributed by atoms with Crippen molar-refractivity contribution in [1.82, 2.24) is 0 Å². The lowest BCUT2D eigenvalue weighted by atomic mass is 9.63. The van der Waals surface area contributed by atoms with Crippen molar-refractivity contribution in [2.24, 2.45) is 10.8 Å². The first-order chi connectivity index (χ1) is 9.60. The smallest absolute Gasteiger partial charge is 0.107 e. The van der Waals surface area contributed by atoms with E-state index in [0.717, 1.165) is 30.6 Å². The molecule has 0 amide bonds. The summed E-state index contributed by atoms with van der Waals surface area (Å²) >= 11 is 1.65. The quantitative estimate of drug-likeness (QED) is 0.817. The van der Waals surface area contributed by atoms with Gasteiger partial charge in [0.2, 0.25) is 0 Å². The maximum Gasteiger partial charge on any atom is 0.107 e. The largest absolute Gasteiger partial charge is 0.386 e. The fourth-order valence-electron chi connectivity index (χ4n) is 2.99. The summed E-state index contributed by atoms with van der Waals surface area (Å²) in [6, 6.07) is 6.57. The van der Waals surface area contributed by atoms with Gasteiger partial charge in [-0.2, -0.15) is 5.26 Å². The van der Waals surface area contributed by atoms with E-state index in [1.54, 1.807) is 11.3 Å². The number of hydrogen-bond acceptors (Lipinski definition) is 3. The fraction of sp³-hybridized carbons (Fsp3) is 0.722. The topological polar surface area (TPSA) is 44.0 Å². The molecule has 116 valence electrons. The molecule has 2 rings (SSSR count). The molecule has 0 radical (unpaired) electrons. The van der Waals surface area contributed by atoms with Crippen LogP contribution in [-0.2, 0) is 5.41 Å². The van der Waals surface area contributed by atoms with Gasteiger partial charge in [-0.3, -0.25) is 0 Å². The monoisotopic (exact) mass is 305 g/mol. The van der Waals surface area contributed by atoms with Crippen LogP contribution < -0.4 is 0 Å². The third-order valence-corrected chi connectivity index (χ3v) is 6.44. The SMILES string of the molecule is CC1(C)CCC(C#N)(C(O)c2ccc(C(C)(C)C)s2)CC1. The number of aliphatic hydroxyl groups excluding tert-OH is 1. The van der Waals surface area contributed by atoms with Crippen LogP contribution >= 0.6 is 11.3 Å². The Balaban J connectivity index is 2.24. The number of rotatable bonds is 2. The lowest BCUT2D eigenvalue weighted by Crippen LogP contribution is -2.34. The summed E-state index contributed by atoms with van der Waals surface area (Å²) in [7, 11) is 0. The molecule has 1 saturated carbocycles. The van der Waals surface area contributed by atoms with Gasteiger partial charge in [-0.25, -0.2) is 0 Å². The zero-order valence-electron chi connectivity index (χ0n) is 13.9. The molecule has 3 heteroatoms. The summed E-state index contributed by atoms with van der Waals surface area (Å²) in [5, 5.41) is 20.5. The molecule has 1 heterocycles. The second-order valence-electron chi connectivity index (χ2n) is 8.29. The summed E-state index contributed by atoms with van der Waals surface area (Å²) in [5.74, 6) is 0. The fourth-order valence-corrected chi connectivity index (χ4v) is 4.16. The van der Waals surface area contributed by atoms with Crippen molar-refractivity contribution in [3.8, 4) is 6.07 Å². The molecule has 2 nitrogen and oxygen atoms in total. The Morgan fingerprint density at radius 2 is 1.76 bits per heavy atom. The molecule has 1 aromatic rings. The minimum atomic E-state index is -0.653. The van der Waals surface area contributed by atoms with E-state index in [1.165, 1.54) is 4.88 Å². The Morgan fingerprint density at radius 3 is 2.19 bits per heavy atom. The molecule has 1 N–H and O–H groups in total. The second kappa shape index (κ2) is 5.41. The third-order valence-electron chi connectivity index (χ3n) is 4.88. The van der Waals surface area contributed by atoms with E-state index in [0.29, 0.717) is 5.41 Å². The Bertz CT molecular complexity index is 534. The van der Waals surface area contributed by atoms with Gasteiger partial charge in [0.05, 0.1) is 11.5 Å². The van der Waals surface area contributed by atoms with Gasteiger partial charge in [0.25, 0.3) is 0 Å².